The number of halogens is 1. The zero-order valence-electron chi connectivity index (χ0n) is 12.2. The zero-order valence-corrected chi connectivity index (χ0v) is 12.2. The predicted molar refractivity (Wildman–Crippen MR) is 73.8 cm³/mol. The van der Waals surface area contributed by atoms with Crippen molar-refractivity contribution in [2.24, 2.45) is 0 Å². The summed E-state index contributed by atoms with van der Waals surface area (Å²) in [4.78, 5) is 24.1. The molecule has 4 nitrogen and oxygen atoms in total. The van der Waals surface area contributed by atoms with Crippen molar-refractivity contribution in [2.45, 2.75) is 38.8 Å². The molecule has 1 aromatic carbocycles. The average Bonchev–Trinajstić information content (AvgIpc) is 2.34. The Morgan fingerprint density at radius 2 is 2.00 bits per heavy atom. The molecule has 1 aromatic rings. The first kappa shape index (κ1) is 16.1. The van der Waals surface area contributed by atoms with Crippen molar-refractivity contribution in [3.63, 3.8) is 0 Å². The highest BCUT2D eigenvalue weighted by Crippen LogP contribution is 2.26. The summed E-state index contributed by atoms with van der Waals surface area (Å²) in [6.07, 6.45) is 0.0851. The third-order valence-electron chi connectivity index (χ3n) is 2.73. The van der Waals surface area contributed by atoms with Gasteiger partial charge in [-0.3, -0.25) is 0 Å². The highest BCUT2D eigenvalue weighted by Gasteiger charge is 2.27. The Labute approximate surface area is 118 Å². The Morgan fingerprint density at radius 3 is 2.50 bits per heavy atom. The lowest BCUT2D eigenvalue weighted by molar-refractivity contribution is -0.108. The van der Waals surface area contributed by atoms with Gasteiger partial charge in [-0.05, 0) is 26.8 Å². The second-order valence-electron chi connectivity index (χ2n) is 5.53. The fraction of sp³-hybridized carbons (Fsp3) is 0.467. The summed E-state index contributed by atoms with van der Waals surface area (Å²) in [5.74, 6) is -0.449. The van der Waals surface area contributed by atoms with Crippen molar-refractivity contribution in [2.75, 3.05) is 7.05 Å². The minimum absolute atomic E-state index is 0.0106. The van der Waals surface area contributed by atoms with Crippen LogP contribution in [-0.2, 0) is 9.53 Å². The molecule has 0 aromatic heterocycles. The number of aldehydes is 1. The van der Waals surface area contributed by atoms with Crippen LogP contribution in [0.5, 0.6) is 0 Å². The van der Waals surface area contributed by atoms with Crippen LogP contribution in [0, 0.1) is 5.82 Å². The first-order valence-corrected chi connectivity index (χ1v) is 6.40. The van der Waals surface area contributed by atoms with E-state index in [-0.39, 0.29) is 6.42 Å². The van der Waals surface area contributed by atoms with Crippen molar-refractivity contribution < 1.29 is 18.7 Å². The third kappa shape index (κ3) is 4.33. The second-order valence-corrected chi connectivity index (χ2v) is 5.53. The van der Waals surface area contributed by atoms with Crippen LogP contribution >= 0.6 is 0 Å². The zero-order chi connectivity index (χ0) is 15.3. The number of benzene rings is 1. The Bertz CT molecular complexity index is 482. The van der Waals surface area contributed by atoms with Crippen LogP contribution in [-0.4, -0.2) is 29.9 Å². The van der Waals surface area contributed by atoms with Gasteiger partial charge in [-0.2, -0.15) is 0 Å². The summed E-state index contributed by atoms with van der Waals surface area (Å²) in [5, 5.41) is 0. The molecule has 1 atom stereocenters. The molecule has 0 N–H and O–H groups in total. The van der Waals surface area contributed by atoms with E-state index in [1.807, 2.05) is 0 Å². The lowest BCUT2D eigenvalue weighted by Gasteiger charge is -2.30. The normalized spacial score (nSPS) is 12.7. The molecule has 0 spiro atoms. The number of hydrogen-bond acceptors (Lipinski definition) is 3. The Balaban J connectivity index is 2.99. The quantitative estimate of drug-likeness (QED) is 0.795. The number of rotatable bonds is 4. The van der Waals surface area contributed by atoms with Gasteiger partial charge >= 0.3 is 6.09 Å². The van der Waals surface area contributed by atoms with Crippen LogP contribution in [0.2, 0.25) is 0 Å². The van der Waals surface area contributed by atoms with E-state index in [0.29, 0.717) is 11.8 Å². The molecule has 0 fully saturated rings. The molecule has 1 rings (SSSR count). The molecule has 20 heavy (non-hydrogen) atoms. The first-order chi connectivity index (χ1) is 9.26. The van der Waals surface area contributed by atoms with Crippen molar-refractivity contribution in [1.82, 2.24) is 4.90 Å². The van der Waals surface area contributed by atoms with Crippen LogP contribution in [0.25, 0.3) is 0 Å². The smallest absolute Gasteiger partial charge is 0.410 e. The number of amides is 1. The van der Waals surface area contributed by atoms with Gasteiger partial charge < -0.3 is 14.4 Å². The van der Waals surface area contributed by atoms with Crippen LogP contribution in [0.3, 0.4) is 0 Å². The molecule has 0 aliphatic rings. The summed E-state index contributed by atoms with van der Waals surface area (Å²) in [6.45, 7) is 5.24. The molecule has 0 heterocycles. The molecule has 1 unspecified atom stereocenters. The summed E-state index contributed by atoms with van der Waals surface area (Å²) >= 11 is 0. The molecule has 0 aliphatic heterocycles. The van der Waals surface area contributed by atoms with Crippen LogP contribution in [0.15, 0.2) is 24.3 Å². The van der Waals surface area contributed by atoms with Crippen molar-refractivity contribution in [1.29, 1.82) is 0 Å². The molecule has 0 saturated heterocycles. The summed E-state index contributed by atoms with van der Waals surface area (Å²) in [6, 6.07) is 5.41. The number of ether oxygens (including phenoxy) is 1. The largest absolute Gasteiger partial charge is 0.444 e. The number of hydrogen-bond donors (Lipinski definition) is 0. The molecular formula is C15H20FNO3. The van der Waals surface area contributed by atoms with E-state index in [2.05, 4.69) is 0 Å². The van der Waals surface area contributed by atoms with E-state index in [9.17, 15) is 14.0 Å². The Morgan fingerprint density at radius 1 is 1.40 bits per heavy atom. The van der Waals surface area contributed by atoms with Gasteiger partial charge in [0.1, 0.15) is 17.7 Å². The number of carbonyl (C=O) groups excluding carboxylic acids is 2. The second kappa shape index (κ2) is 6.50. The molecule has 0 saturated carbocycles. The first-order valence-electron chi connectivity index (χ1n) is 6.40. The maximum Gasteiger partial charge on any atom is 0.410 e. The lowest BCUT2D eigenvalue weighted by Crippen LogP contribution is -2.37. The molecule has 110 valence electrons. The fourth-order valence-corrected chi connectivity index (χ4v) is 1.79. The van der Waals surface area contributed by atoms with E-state index in [1.165, 1.54) is 18.0 Å². The monoisotopic (exact) mass is 281 g/mol. The van der Waals surface area contributed by atoms with Gasteiger partial charge in [0, 0.05) is 19.0 Å². The van der Waals surface area contributed by atoms with Gasteiger partial charge in [0.15, 0.2) is 0 Å². The van der Waals surface area contributed by atoms with Gasteiger partial charge in [0.05, 0.1) is 6.04 Å². The molecule has 0 radical (unpaired) electrons. The number of carbonyl (C=O) groups is 2. The molecule has 0 bridgehead atoms. The van der Waals surface area contributed by atoms with Crippen LogP contribution in [0.4, 0.5) is 9.18 Å². The van der Waals surface area contributed by atoms with Crippen molar-refractivity contribution >= 4 is 12.4 Å². The third-order valence-corrected chi connectivity index (χ3v) is 2.73. The molecule has 1 amide bonds. The standard InChI is InChI=1S/C15H20FNO3/c1-15(2,3)20-14(19)17(4)13(9-10-18)11-7-5-6-8-12(11)16/h5-8,10,13H,9H2,1-4H3. The highest BCUT2D eigenvalue weighted by atomic mass is 19.1. The van der Waals surface area contributed by atoms with E-state index in [4.69, 9.17) is 4.74 Å². The SMILES string of the molecule is CN(C(=O)OC(C)(C)C)C(CC=O)c1ccccc1F. The van der Waals surface area contributed by atoms with Crippen LogP contribution in [0.1, 0.15) is 38.8 Å². The number of nitrogens with zero attached hydrogens (tertiary/aromatic N) is 1. The van der Waals surface area contributed by atoms with Gasteiger partial charge in [-0.1, -0.05) is 18.2 Å². The minimum Gasteiger partial charge on any atom is -0.444 e. The fourth-order valence-electron chi connectivity index (χ4n) is 1.79. The van der Waals surface area contributed by atoms with Crippen molar-refractivity contribution in [3.8, 4) is 0 Å². The Hall–Kier alpha value is -1.91. The van der Waals surface area contributed by atoms with Gasteiger partial charge in [-0.25, -0.2) is 9.18 Å². The Kier molecular flexibility index (Phi) is 5.25. The van der Waals surface area contributed by atoms with Crippen LogP contribution < -0.4 is 0 Å². The predicted octanol–water partition coefficient (Wildman–Crippen LogP) is 3.32. The minimum atomic E-state index is -0.677. The average molecular weight is 281 g/mol. The van der Waals surface area contributed by atoms with Gasteiger partial charge in [0.25, 0.3) is 0 Å². The maximum absolute atomic E-state index is 13.8. The van der Waals surface area contributed by atoms with Gasteiger partial charge in [0.2, 0.25) is 0 Å². The topological polar surface area (TPSA) is 46.6 Å². The molecular weight excluding hydrogens is 261 g/mol. The molecule has 0 aliphatic carbocycles. The highest BCUT2D eigenvalue weighted by molar-refractivity contribution is 5.69. The summed E-state index contributed by atoms with van der Waals surface area (Å²) < 4.78 is 19.1. The van der Waals surface area contributed by atoms with E-state index >= 15 is 0 Å². The molecule has 5 heteroatoms. The maximum atomic E-state index is 13.8. The van der Waals surface area contributed by atoms with Gasteiger partial charge in [-0.15, -0.1) is 0 Å². The summed E-state index contributed by atoms with van der Waals surface area (Å²) in [7, 11) is 1.49. The summed E-state index contributed by atoms with van der Waals surface area (Å²) in [5.41, 5.74) is -0.347. The van der Waals surface area contributed by atoms with E-state index in [1.54, 1.807) is 39.0 Å². The van der Waals surface area contributed by atoms with E-state index in [0.717, 1.165) is 0 Å². The van der Waals surface area contributed by atoms with E-state index < -0.39 is 23.6 Å². The lowest BCUT2D eigenvalue weighted by atomic mass is 10.0. The van der Waals surface area contributed by atoms with Crippen molar-refractivity contribution in [3.05, 3.63) is 35.6 Å².